The fourth-order valence-electron chi connectivity index (χ4n) is 6.21. The summed E-state index contributed by atoms with van der Waals surface area (Å²) in [5.74, 6) is -0.570. The van der Waals surface area contributed by atoms with Crippen LogP contribution in [-0.4, -0.2) is 57.6 Å². The van der Waals surface area contributed by atoms with Gasteiger partial charge < -0.3 is 25.1 Å². The summed E-state index contributed by atoms with van der Waals surface area (Å²) in [6.07, 6.45) is 0.762. The van der Waals surface area contributed by atoms with E-state index in [0.717, 1.165) is 12.8 Å². The van der Waals surface area contributed by atoms with Crippen LogP contribution in [0, 0.1) is 5.92 Å². The average Bonchev–Trinajstić information content (AvgIpc) is 3.50. The molecule has 3 aromatic carbocycles. The molecule has 0 bridgehead atoms. The summed E-state index contributed by atoms with van der Waals surface area (Å²) < 4.78 is 7.65. The first-order valence-corrected chi connectivity index (χ1v) is 19.3. The third kappa shape index (κ3) is 8.10. The Balaban J connectivity index is 1.24. The molecule has 3 N–H and O–H groups in total. The van der Waals surface area contributed by atoms with Gasteiger partial charge in [-0.2, -0.15) is 0 Å². The van der Waals surface area contributed by atoms with Gasteiger partial charge in [-0.25, -0.2) is 0 Å². The van der Waals surface area contributed by atoms with Crippen molar-refractivity contribution in [2.45, 2.75) is 44.8 Å². The number of thiophene rings is 1. The SMILES string of the molecule is CC(C)(C)[Si](OCC1CCCN(c2ccc(NC[C@H](O)CNC(=O)c3ccc(Cl)s3)cc2Cl)C1=O)(c1ccccc1)c1ccccc1. The average molecular weight is 711 g/mol. The van der Waals surface area contributed by atoms with Gasteiger partial charge >= 0.3 is 0 Å². The molecule has 11 heteroatoms. The maximum atomic E-state index is 14.0. The van der Waals surface area contributed by atoms with Crippen molar-refractivity contribution in [3.63, 3.8) is 0 Å². The van der Waals surface area contributed by atoms with Gasteiger partial charge in [0.1, 0.15) is 0 Å². The summed E-state index contributed by atoms with van der Waals surface area (Å²) in [6.45, 7) is 7.89. The predicted octanol–water partition coefficient (Wildman–Crippen LogP) is 6.58. The van der Waals surface area contributed by atoms with Crippen molar-refractivity contribution < 1.29 is 19.1 Å². The summed E-state index contributed by atoms with van der Waals surface area (Å²) in [5.41, 5.74) is 1.35. The van der Waals surface area contributed by atoms with Gasteiger partial charge in [-0.15, -0.1) is 11.3 Å². The van der Waals surface area contributed by atoms with Crippen LogP contribution in [0.3, 0.4) is 0 Å². The lowest BCUT2D eigenvalue weighted by Gasteiger charge is -2.44. The number of aliphatic hydroxyl groups is 1. The fourth-order valence-corrected chi connectivity index (χ4v) is 12.1. The number of rotatable bonds is 12. The van der Waals surface area contributed by atoms with E-state index in [4.69, 9.17) is 27.6 Å². The van der Waals surface area contributed by atoms with E-state index in [0.29, 0.717) is 38.8 Å². The van der Waals surface area contributed by atoms with Crippen molar-refractivity contribution >= 4 is 76.4 Å². The molecule has 248 valence electrons. The number of amides is 2. The van der Waals surface area contributed by atoms with Crippen molar-refractivity contribution in [1.82, 2.24) is 5.32 Å². The Morgan fingerprint density at radius 2 is 1.66 bits per heavy atom. The largest absolute Gasteiger partial charge is 0.407 e. The number of nitrogens with one attached hydrogen (secondary N) is 2. The Bertz CT molecular complexity index is 1630. The third-order valence-corrected chi connectivity index (χ3v) is 15.1. The Hall–Kier alpha value is -3.18. The van der Waals surface area contributed by atoms with E-state index in [1.807, 2.05) is 24.3 Å². The summed E-state index contributed by atoms with van der Waals surface area (Å²) >= 11 is 13.8. The number of piperidine rings is 1. The van der Waals surface area contributed by atoms with E-state index < -0.39 is 14.4 Å². The minimum Gasteiger partial charge on any atom is -0.407 e. The van der Waals surface area contributed by atoms with Gasteiger partial charge in [0, 0.05) is 31.9 Å². The lowest BCUT2D eigenvalue weighted by molar-refractivity contribution is -0.124. The number of hydrogen-bond donors (Lipinski definition) is 3. The van der Waals surface area contributed by atoms with Gasteiger partial charge in [0.25, 0.3) is 14.2 Å². The number of nitrogens with zero attached hydrogens (tertiary/aromatic N) is 1. The second-order valence-corrected chi connectivity index (χ2v) is 19.2. The van der Waals surface area contributed by atoms with Crippen LogP contribution in [0.2, 0.25) is 14.4 Å². The van der Waals surface area contributed by atoms with E-state index in [9.17, 15) is 14.7 Å². The topological polar surface area (TPSA) is 90.9 Å². The molecular weight excluding hydrogens is 669 g/mol. The summed E-state index contributed by atoms with van der Waals surface area (Å²) in [7, 11) is -2.78. The molecule has 7 nitrogen and oxygen atoms in total. The Morgan fingerprint density at radius 3 is 2.23 bits per heavy atom. The highest BCUT2D eigenvalue weighted by Gasteiger charge is 2.50. The maximum Gasteiger partial charge on any atom is 0.261 e. The minimum atomic E-state index is -2.78. The third-order valence-electron chi connectivity index (χ3n) is 8.54. The van der Waals surface area contributed by atoms with Crippen LogP contribution < -0.4 is 25.9 Å². The molecule has 1 unspecified atom stereocenters. The Labute approximate surface area is 292 Å². The second kappa shape index (κ2) is 15.4. The number of benzene rings is 3. The highest BCUT2D eigenvalue weighted by molar-refractivity contribution is 7.18. The van der Waals surface area contributed by atoms with Crippen LogP contribution in [0.15, 0.2) is 91.0 Å². The molecule has 1 saturated heterocycles. The summed E-state index contributed by atoms with van der Waals surface area (Å²) in [6, 6.07) is 29.7. The molecule has 4 aromatic rings. The molecule has 5 rings (SSSR count). The Kier molecular flexibility index (Phi) is 11.5. The highest BCUT2D eigenvalue weighted by Crippen LogP contribution is 2.38. The number of aliphatic hydroxyl groups excluding tert-OH is 1. The molecule has 2 amide bonds. The second-order valence-electron chi connectivity index (χ2n) is 12.8. The van der Waals surface area contributed by atoms with Gasteiger partial charge in [0.15, 0.2) is 0 Å². The van der Waals surface area contributed by atoms with E-state index in [1.165, 1.54) is 21.7 Å². The number of carbonyl (C=O) groups is 2. The zero-order valence-electron chi connectivity index (χ0n) is 26.8. The molecule has 2 heterocycles. The molecule has 1 fully saturated rings. The standard InChI is InChI=1S/C36H41Cl2N3O4SSi/c1-36(2,3)47(28-12-6-4-7-13-28,29-14-8-5-9-15-29)45-24-25-11-10-20-41(35(25)44)31-17-16-26(21-30(31)37)39-22-27(42)23-40-34(43)32-18-19-33(38)46-32/h4-9,12-19,21,25,27,39,42H,10-11,20,22-24H2,1-3H3,(H,40,43)/t25?,27-/m0/s1. The Morgan fingerprint density at radius 1 is 1.00 bits per heavy atom. The minimum absolute atomic E-state index is 0.00924. The van der Waals surface area contributed by atoms with Crippen LogP contribution in [0.4, 0.5) is 11.4 Å². The monoisotopic (exact) mass is 709 g/mol. The van der Waals surface area contributed by atoms with Crippen LogP contribution in [0.25, 0.3) is 0 Å². The molecular formula is C36H41Cl2N3O4SSi. The van der Waals surface area contributed by atoms with Gasteiger partial charge in [-0.1, -0.05) is 105 Å². The normalized spacial score (nSPS) is 16.2. The van der Waals surface area contributed by atoms with Crippen molar-refractivity contribution in [2.24, 2.45) is 5.92 Å². The number of halogens is 2. The molecule has 0 saturated carbocycles. The predicted molar refractivity (Wildman–Crippen MR) is 196 cm³/mol. The quantitative estimate of drug-likeness (QED) is 0.145. The first-order chi connectivity index (χ1) is 22.5. The molecule has 1 aromatic heterocycles. The summed E-state index contributed by atoms with van der Waals surface area (Å²) in [4.78, 5) is 28.5. The molecule has 47 heavy (non-hydrogen) atoms. The molecule has 1 aliphatic rings. The zero-order valence-corrected chi connectivity index (χ0v) is 30.2. The van der Waals surface area contributed by atoms with E-state index >= 15 is 0 Å². The first kappa shape index (κ1) is 35.1. The van der Waals surface area contributed by atoms with Crippen LogP contribution in [-0.2, 0) is 9.22 Å². The molecule has 0 aliphatic carbocycles. The maximum absolute atomic E-state index is 14.0. The summed E-state index contributed by atoms with van der Waals surface area (Å²) in [5, 5.41) is 18.9. The molecule has 1 aliphatic heterocycles. The molecule has 0 spiro atoms. The number of hydrogen-bond acceptors (Lipinski definition) is 6. The van der Waals surface area contributed by atoms with Crippen LogP contribution in [0.1, 0.15) is 43.3 Å². The molecule has 0 radical (unpaired) electrons. The van der Waals surface area contributed by atoms with Crippen LogP contribution >= 0.6 is 34.5 Å². The van der Waals surface area contributed by atoms with E-state index in [2.05, 4.69) is 79.9 Å². The van der Waals surface area contributed by atoms with Crippen molar-refractivity contribution in [2.75, 3.05) is 36.5 Å². The fraction of sp³-hybridized carbons (Fsp3) is 0.333. The lowest BCUT2D eigenvalue weighted by atomic mass is 9.97. The van der Waals surface area contributed by atoms with Gasteiger partial charge in [-0.05, 0) is 58.6 Å². The van der Waals surface area contributed by atoms with Gasteiger partial charge in [0.2, 0.25) is 5.91 Å². The molecule has 2 atom stereocenters. The van der Waals surface area contributed by atoms with Crippen molar-refractivity contribution in [1.29, 1.82) is 0 Å². The van der Waals surface area contributed by atoms with Crippen molar-refractivity contribution in [3.05, 3.63) is 105 Å². The number of carbonyl (C=O) groups excluding carboxylic acids is 2. The smallest absolute Gasteiger partial charge is 0.261 e. The van der Waals surface area contributed by atoms with Gasteiger partial charge in [0.05, 0.1) is 31.9 Å². The van der Waals surface area contributed by atoms with Crippen LogP contribution in [0.5, 0.6) is 0 Å². The number of anilines is 2. The van der Waals surface area contributed by atoms with Gasteiger partial charge in [-0.3, -0.25) is 9.59 Å². The van der Waals surface area contributed by atoms with E-state index in [1.54, 1.807) is 23.1 Å². The first-order valence-electron chi connectivity index (χ1n) is 15.8. The van der Waals surface area contributed by atoms with Crippen molar-refractivity contribution in [3.8, 4) is 0 Å². The van der Waals surface area contributed by atoms with E-state index in [-0.39, 0.29) is 35.9 Å². The lowest BCUT2D eigenvalue weighted by Crippen LogP contribution is -2.67. The highest BCUT2D eigenvalue weighted by atomic mass is 35.5. The zero-order chi connectivity index (χ0) is 33.6.